The lowest BCUT2D eigenvalue weighted by molar-refractivity contribution is -0.111. The summed E-state index contributed by atoms with van der Waals surface area (Å²) in [6, 6.07) is 25.7. The Kier molecular flexibility index (Phi) is 5.10. The van der Waals surface area contributed by atoms with E-state index in [0.29, 0.717) is 5.57 Å². The quantitative estimate of drug-likeness (QED) is 0.499. The Morgan fingerprint density at radius 2 is 1.48 bits per heavy atom. The summed E-state index contributed by atoms with van der Waals surface area (Å²) in [7, 11) is 0. The molecule has 0 bridgehead atoms. The largest absolute Gasteiger partial charge is 0.322 e. The van der Waals surface area contributed by atoms with Crippen molar-refractivity contribution in [2.45, 2.75) is 13.8 Å². The first-order chi connectivity index (χ1) is 12.1. The van der Waals surface area contributed by atoms with Crippen molar-refractivity contribution in [1.29, 1.82) is 0 Å². The number of amides is 1. The zero-order valence-corrected chi connectivity index (χ0v) is 14.5. The van der Waals surface area contributed by atoms with Crippen LogP contribution < -0.4 is 5.32 Å². The van der Waals surface area contributed by atoms with Crippen molar-refractivity contribution in [3.8, 4) is 0 Å². The van der Waals surface area contributed by atoms with Crippen LogP contribution in [0.25, 0.3) is 11.6 Å². The maximum atomic E-state index is 13.0. The number of benzene rings is 3. The molecule has 0 heterocycles. The van der Waals surface area contributed by atoms with Crippen molar-refractivity contribution in [1.82, 2.24) is 0 Å². The molecule has 3 aromatic rings. The summed E-state index contributed by atoms with van der Waals surface area (Å²) in [4.78, 5) is 13.0. The summed E-state index contributed by atoms with van der Waals surface area (Å²) >= 11 is 0. The van der Waals surface area contributed by atoms with Crippen molar-refractivity contribution >= 4 is 23.2 Å². The molecule has 0 aromatic heterocycles. The molecule has 2 nitrogen and oxygen atoms in total. The second-order valence-electron chi connectivity index (χ2n) is 6.11. The van der Waals surface area contributed by atoms with E-state index in [4.69, 9.17) is 0 Å². The van der Waals surface area contributed by atoms with Gasteiger partial charge < -0.3 is 5.32 Å². The molecule has 1 N–H and O–H groups in total. The minimum absolute atomic E-state index is 0.109. The fourth-order valence-electron chi connectivity index (χ4n) is 2.76. The van der Waals surface area contributed by atoms with E-state index in [1.54, 1.807) is 0 Å². The van der Waals surface area contributed by atoms with Crippen molar-refractivity contribution in [3.05, 3.63) is 101 Å². The van der Waals surface area contributed by atoms with Gasteiger partial charge in [-0.05, 0) is 42.7 Å². The van der Waals surface area contributed by atoms with Gasteiger partial charge >= 0.3 is 0 Å². The molecule has 124 valence electrons. The van der Waals surface area contributed by atoms with Crippen molar-refractivity contribution in [3.63, 3.8) is 0 Å². The van der Waals surface area contributed by atoms with Gasteiger partial charge in [-0.25, -0.2) is 0 Å². The predicted octanol–water partition coefficient (Wildman–Crippen LogP) is 5.48. The fourth-order valence-corrected chi connectivity index (χ4v) is 2.76. The number of anilines is 1. The smallest absolute Gasteiger partial charge is 0.256 e. The van der Waals surface area contributed by atoms with Gasteiger partial charge in [-0.3, -0.25) is 4.79 Å². The Bertz CT molecular complexity index is 896. The fraction of sp³-hybridized carbons (Fsp3) is 0.0870. The van der Waals surface area contributed by atoms with Crippen LogP contribution in [0.4, 0.5) is 5.69 Å². The molecule has 0 aliphatic carbocycles. The second kappa shape index (κ2) is 7.63. The van der Waals surface area contributed by atoms with Crippen LogP contribution in [0.2, 0.25) is 0 Å². The van der Waals surface area contributed by atoms with E-state index in [2.05, 4.69) is 11.4 Å². The normalized spacial score (nSPS) is 11.2. The Balaban J connectivity index is 1.97. The molecule has 0 saturated carbocycles. The minimum atomic E-state index is -0.109. The highest BCUT2D eigenvalue weighted by Crippen LogP contribution is 2.22. The highest BCUT2D eigenvalue weighted by Gasteiger charge is 2.13. The third-order valence-corrected chi connectivity index (χ3v) is 4.07. The average Bonchev–Trinajstić information content (AvgIpc) is 2.63. The number of hydrogen-bond donors (Lipinski definition) is 1. The van der Waals surface area contributed by atoms with Gasteiger partial charge in [0.1, 0.15) is 0 Å². The van der Waals surface area contributed by atoms with Crippen molar-refractivity contribution < 1.29 is 4.79 Å². The van der Waals surface area contributed by atoms with Crippen LogP contribution in [0.1, 0.15) is 22.3 Å². The number of rotatable bonds is 4. The molecule has 0 aliphatic heterocycles. The molecule has 3 rings (SSSR count). The zero-order valence-electron chi connectivity index (χ0n) is 14.5. The predicted molar refractivity (Wildman–Crippen MR) is 105 cm³/mol. The van der Waals surface area contributed by atoms with Crippen LogP contribution in [0.5, 0.6) is 0 Å². The minimum Gasteiger partial charge on any atom is -0.322 e. The summed E-state index contributed by atoms with van der Waals surface area (Å²) in [6.45, 7) is 4.05. The maximum absolute atomic E-state index is 13.0. The van der Waals surface area contributed by atoms with Crippen LogP contribution in [0.3, 0.4) is 0 Å². The molecular weight excluding hydrogens is 306 g/mol. The van der Waals surface area contributed by atoms with E-state index in [1.807, 2.05) is 92.7 Å². The van der Waals surface area contributed by atoms with Gasteiger partial charge in [0.05, 0.1) is 0 Å². The second-order valence-corrected chi connectivity index (χ2v) is 6.11. The number of carbonyl (C=O) groups is 1. The lowest BCUT2D eigenvalue weighted by Crippen LogP contribution is -2.14. The molecular formula is C23H21NO. The molecule has 0 spiro atoms. The Hall–Kier alpha value is -3.13. The highest BCUT2D eigenvalue weighted by molar-refractivity contribution is 6.29. The van der Waals surface area contributed by atoms with E-state index >= 15 is 0 Å². The molecule has 3 aromatic carbocycles. The third kappa shape index (κ3) is 4.24. The standard InChI is InChI=1S/C23H21NO/c1-17-13-14-22(18(2)15-17)24-23(25)21(20-11-7-4-8-12-20)16-19-9-5-3-6-10-19/h3-16H,1-2H3,(H,24,25)/b21-16-. The molecule has 0 atom stereocenters. The van der Waals surface area contributed by atoms with Gasteiger partial charge in [0.2, 0.25) is 0 Å². The third-order valence-electron chi connectivity index (χ3n) is 4.07. The van der Waals surface area contributed by atoms with Gasteiger partial charge in [0.25, 0.3) is 5.91 Å². The van der Waals surface area contributed by atoms with Crippen LogP contribution in [-0.2, 0) is 4.79 Å². The SMILES string of the molecule is Cc1ccc(NC(=O)/C(=C\c2ccccc2)c2ccccc2)c(C)c1. The Morgan fingerprint density at radius 3 is 2.12 bits per heavy atom. The van der Waals surface area contributed by atoms with Crippen LogP contribution >= 0.6 is 0 Å². The van der Waals surface area contributed by atoms with Gasteiger partial charge in [-0.2, -0.15) is 0 Å². The summed E-state index contributed by atoms with van der Waals surface area (Å²) < 4.78 is 0. The highest BCUT2D eigenvalue weighted by atomic mass is 16.1. The topological polar surface area (TPSA) is 29.1 Å². The van der Waals surface area contributed by atoms with E-state index < -0.39 is 0 Å². The lowest BCUT2D eigenvalue weighted by atomic mass is 10.0. The van der Waals surface area contributed by atoms with E-state index in [1.165, 1.54) is 5.56 Å². The van der Waals surface area contributed by atoms with Gasteiger partial charge in [0.15, 0.2) is 0 Å². The summed E-state index contributed by atoms with van der Waals surface area (Å²) in [5.41, 5.74) is 5.61. The molecule has 0 aliphatic rings. The number of hydrogen-bond acceptors (Lipinski definition) is 1. The molecule has 1 amide bonds. The van der Waals surface area contributed by atoms with E-state index in [0.717, 1.165) is 22.4 Å². The van der Waals surface area contributed by atoms with Crippen molar-refractivity contribution in [2.24, 2.45) is 0 Å². The number of aryl methyl sites for hydroxylation is 2. The summed E-state index contributed by atoms with van der Waals surface area (Å²) in [6.07, 6.45) is 1.92. The van der Waals surface area contributed by atoms with Crippen LogP contribution in [-0.4, -0.2) is 5.91 Å². The summed E-state index contributed by atoms with van der Waals surface area (Å²) in [5, 5.41) is 3.05. The first-order valence-corrected chi connectivity index (χ1v) is 8.34. The van der Waals surface area contributed by atoms with Gasteiger partial charge in [-0.15, -0.1) is 0 Å². The molecule has 25 heavy (non-hydrogen) atoms. The molecule has 2 heteroatoms. The van der Waals surface area contributed by atoms with Gasteiger partial charge in [0, 0.05) is 11.3 Å². The first kappa shape index (κ1) is 16.7. The van der Waals surface area contributed by atoms with Gasteiger partial charge in [-0.1, -0.05) is 78.4 Å². The monoisotopic (exact) mass is 327 g/mol. The first-order valence-electron chi connectivity index (χ1n) is 8.34. The van der Waals surface area contributed by atoms with Crippen LogP contribution in [0, 0.1) is 13.8 Å². The maximum Gasteiger partial charge on any atom is 0.256 e. The molecule has 0 saturated heterocycles. The number of nitrogens with one attached hydrogen (secondary N) is 1. The molecule has 0 unspecified atom stereocenters. The Morgan fingerprint density at radius 1 is 0.840 bits per heavy atom. The summed E-state index contributed by atoms with van der Waals surface area (Å²) in [5.74, 6) is -0.109. The van der Waals surface area contributed by atoms with E-state index in [-0.39, 0.29) is 5.91 Å². The average molecular weight is 327 g/mol. The lowest BCUT2D eigenvalue weighted by Gasteiger charge is -2.12. The number of carbonyl (C=O) groups excluding carboxylic acids is 1. The Labute approximate surface area is 148 Å². The molecule has 0 radical (unpaired) electrons. The zero-order chi connectivity index (χ0) is 17.6. The van der Waals surface area contributed by atoms with Crippen LogP contribution in [0.15, 0.2) is 78.9 Å². The molecule has 0 fully saturated rings. The van der Waals surface area contributed by atoms with Crippen molar-refractivity contribution in [2.75, 3.05) is 5.32 Å². The van der Waals surface area contributed by atoms with E-state index in [9.17, 15) is 4.79 Å².